The van der Waals surface area contributed by atoms with Crippen LogP contribution in [0.2, 0.25) is 0 Å². The Morgan fingerprint density at radius 1 is 0.346 bits per heavy atom. The first kappa shape index (κ1) is 19.7. The zero-order valence-electron chi connectivity index (χ0n) is 17.3. The Bertz CT molecular complexity index is 354. The number of hydrogen-bond donors (Lipinski definition) is 0. The SMILES string of the molecule is FP(C1CCCCC1)(C1CCCCC1)(C1CCCCC1)C1CCCCC1. The molecule has 0 saturated heterocycles. The summed E-state index contributed by atoms with van der Waals surface area (Å²) in [5, 5.41) is 0. The Balaban J connectivity index is 1.79. The molecule has 2 heteroatoms. The number of rotatable bonds is 4. The molecule has 4 rings (SSSR count). The van der Waals surface area contributed by atoms with Gasteiger partial charge in [0, 0.05) is 0 Å². The summed E-state index contributed by atoms with van der Waals surface area (Å²) < 4.78 is 18.9. The molecule has 0 N–H and O–H groups in total. The molecule has 152 valence electrons. The van der Waals surface area contributed by atoms with Gasteiger partial charge in [0.1, 0.15) is 0 Å². The second kappa shape index (κ2) is 8.39. The van der Waals surface area contributed by atoms with Crippen LogP contribution in [0, 0.1) is 0 Å². The van der Waals surface area contributed by atoms with Crippen LogP contribution in [-0.4, -0.2) is 22.6 Å². The van der Waals surface area contributed by atoms with E-state index in [1.165, 1.54) is 128 Å². The van der Waals surface area contributed by atoms with Crippen molar-refractivity contribution in [3.8, 4) is 0 Å². The van der Waals surface area contributed by atoms with Gasteiger partial charge in [-0.1, -0.05) is 0 Å². The average molecular weight is 383 g/mol. The van der Waals surface area contributed by atoms with Crippen molar-refractivity contribution in [1.82, 2.24) is 0 Å². The van der Waals surface area contributed by atoms with Crippen LogP contribution < -0.4 is 0 Å². The third-order valence-electron chi connectivity index (χ3n) is 9.38. The van der Waals surface area contributed by atoms with Gasteiger partial charge < -0.3 is 0 Å². The molecule has 0 unspecified atom stereocenters. The molecule has 4 aliphatic rings. The molecule has 0 spiro atoms. The molecule has 26 heavy (non-hydrogen) atoms. The first-order chi connectivity index (χ1) is 12.7. The summed E-state index contributed by atoms with van der Waals surface area (Å²) in [5.41, 5.74) is 2.07. The van der Waals surface area contributed by atoms with Crippen LogP contribution in [0.5, 0.6) is 0 Å². The Hall–Kier alpha value is 0.360. The summed E-state index contributed by atoms with van der Waals surface area (Å²) in [6.45, 7) is -3.21. The van der Waals surface area contributed by atoms with Crippen molar-refractivity contribution in [2.75, 3.05) is 0 Å². The van der Waals surface area contributed by atoms with E-state index in [1.54, 1.807) is 0 Å². The summed E-state index contributed by atoms with van der Waals surface area (Å²) >= 11 is 0. The van der Waals surface area contributed by atoms with Crippen LogP contribution in [0.3, 0.4) is 0 Å². The van der Waals surface area contributed by atoms with Crippen LogP contribution in [0.1, 0.15) is 128 Å². The van der Waals surface area contributed by atoms with E-state index in [0.29, 0.717) is 22.6 Å². The molecule has 0 aliphatic heterocycles. The summed E-state index contributed by atoms with van der Waals surface area (Å²) in [5.74, 6) is 0. The Morgan fingerprint density at radius 2 is 0.538 bits per heavy atom. The van der Waals surface area contributed by atoms with Gasteiger partial charge in [-0.25, -0.2) is 0 Å². The van der Waals surface area contributed by atoms with E-state index >= 15 is 4.20 Å². The third-order valence-corrected chi connectivity index (χ3v) is 17.6. The van der Waals surface area contributed by atoms with Gasteiger partial charge >= 0.3 is 162 Å². The Labute approximate surface area is 162 Å². The van der Waals surface area contributed by atoms with Gasteiger partial charge in [0.25, 0.3) is 0 Å². The molecule has 0 atom stereocenters. The quantitative estimate of drug-likeness (QED) is 0.426. The van der Waals surface area contributed by atoms with Crippen molar-refractivity contribution in [2.24, 2.45) is 0 Å². The fraction of sp³-hybridized carbons (Fsp3) is 1.00. The van der Waals surface area contributed by atoms with Crippen LogP contribution >= 0.6 is 6.91 Å². The molecule has 4 saturated carbocycles. The first-order valence-corrected chi connectivity index (χ1v) is 14.9. The zero-order chi connectivity index (χ0) is 17.9. The molecule has 0 amide bonds. The van der Waals surface area contributed by atoms with E-state index in [9.17, 15) is 0 Å². The van der Waals surface area contributed by atoms with Crippen molar-refractivity contribution < 1.29 is 4.20 Å². The number of halogens is 1. The van der Waals surface area contributed by atoms with Crippen molar-refractivity contribution in [1.29, 1.82) is 0 Å². The third kappa shape index (κ3) is 3.21. The van der Waals surface area contributed by atoms with Crippen LogP contribution in [0.25, 0.3) is 0 Å². The molecule has 0 heterocycles. The predicted octanol–water partition coefficient (Wildman–Crippen LogP) is 8.76. The molecule has 0 aromatic heterocycles. The first-order valence-electron chi connectivity index (χ1n) is 12.5. The van der Waals surface area contributed by atoms with Gasteiger partial charge in [-0.3, -0.25) is 0 Å². The number of hydrogen-bond acceptors (Lipinski definition) is 0. The second-order valence-corrected chi connectivity index (χ2v) is 15.9. The minimum absolute atomic E-state index is 0.518. The van der Waals surface area contributed by atoms with Crippen molar-refractivity contribution in [3.05, 3.63) is 0 Å². The second-order valence-electron chi connectivity index (χ2n) is 10.5. The summed E-state index contributed by atoms with van der Waals surface area (Å²) in [7, 11) is 0. The van der Waals surface area contributed by atoms with Crippen molar-refractivity contribution >= 4 is 6.91 Å². The molecule has 0 aromatic rings. The molecule has 0 bridgehead atoms. The van der Waals surface area contributed by atoms with E-state index < -0.39 is 6.91 Å². The van der Waals surface area contributed by atoms with Crippen LogP contribution in [0.15, 0.2) is 0 Å². The summed E-state index contributed by atoms with van der Waals surface area (Å²) in [6, 6.07) is 0. The monoisotopic (exact) mass is 382 g/mol. The molecule has 0 nitrogen and oxygen atoms in total. The minimum atomic E-state index is -3.21. The van der Waals surface area contributed by atoms with Gasteiger partial charge in [0.15, 0.2) is 0 Å². The fourth-order valence-electron chi connectivity index (χ4n) is 8.29. The molecule has 0 radical (unpaired) electrons. The maximum absolute atomic E-state index is 18.9. The van der Waals surface area contributed by atoms with Gasteiger partial charge in [0.05, 0.1) is 0 Å². The maximum atomic E-state index is 18.9. The van der Waals surface area contributed by atoms with Crippen molar-refractivity contribution in [3.63, 3.8) is 0 Å². The molecular weight excluding hydrogens is 338 g/mol. The Kier molecular flexibility index (Phi) is 6.34. The van der Waals surface area contributed by atoms with Crippen LogP contribution in [-0.2, 0) is 0 Å². The summed E-state index contributed by atoms with van der Waals surface area (Å²) in [6.07, 6.45) is 26.3. The zero-order valence-corrected chi connectivity index (χ0v) is 18.2. The van der Waals surface area contributed by atoms with E-state index in [2.05, 4.69) is 0 Å². The molecule has 4 aliphatic carbocycles. The van der Waals surface area contributed by atoms with E-state index in [4.69, 9.17) is 0 Å². The molecule has 0 aromatic carbocycles. The van der Waals surface area contributed by atoms with Crippen molar-refractivity contribution in [2.45, 2.75) is 151 Å². The topological polar surface area (TPSA) is 0 Å². The molecule has 4 fully saturated rings. The van der Waals surface area contributed by atoms with E-state index in [1.807, 2.05) is 0 Å². The van der Waals surface area contributed by atoms with E-state index in [0.717, 1.165) is 0 Å². The summed E-state index contributed by atoms with van der Waals surface area (Å²) in [4.78, 5) is 0. The standard InChI is InChI=1S/C24H44FP/c25-26(21-13-5-1-6-14-21,22-15-7-2-8-16-22,23-17-9-3-10-18-23)24-19-11-4-12-20-24/h21-24H,1-20H2. The van der Waals surface area contributed by atoms with Gasteiger partial charge in [-0.15, -0.1) is 0 Å². The van der Waals surface area contributed by atoms with Gasteiger partial charge in [-0.05, 0) is 0 Å². The molecular formula is C24H44FP. The fourth-order valence-corrected chi connectivity index (χ4v) is 17.7. The van der Waals surface area contributed by atoms with Gasteiger partial charge in [0.2, 0.25) is 0 Å². The average Bonchev–Trinajstić information content (AvgIpc) is 2.76. The van der Waals surface area contributed by atoms with E-state index in [-0.39, 0.29) is 0 Å². The Morgan fingerprint density at radius 3 is 0.731 bits per heavy atom. The van der Waals surface area contributed by atoms with Gasteiger partial charge in [-0.2, -0.15) is 0 Å². The normalized spacial score (nSPS) is 30.7. The predicted molar refractivity (Wildman–Crippen MR) is 116 cm³/mol. The van der Waals surface area contributed by atoms with Crippen LogP contribution in [0.4, 0.5) is 4.20 Å².